The van der Waals surface area contributed by atoms with Gasteiger partial charge in [0.05, 0.1) is 11.6 Å². The average molecular weight is 439 g/mol. The van der Waals surface area contributed by atoms with Gasteiger partial charge in [0.1, 0.15) is 18.2 Å². The fourth-order valence-corrected chi connectivity index (χ4v) is 3.21. The van der Waals surface area contributed by atoms with Gasteiger partial charge in [-0.15, -0.1) is 6.42 Å². The van der Waals surface area contributed by atoms with Gasteiger partial charge in [-0.2, -0.15) is 5.26 Å². The lowest BCUT2D eigenvalue weighted by atomic mass is 10.1. The van der Waals surface area contributed by atoms with Gasteiger partial charge >= 0.3 is 0 Å². The molecule has 0 unspecified atom stereocenters. The highest BCUT2D eigenvalue weighted by Gasteiger charge is 2.14. The van der Waals surface area contributed by atoms with Crippen LogP contribution in [0.25, 0.3) is 6.08 Å². The van der Waals surface area contributed by atoms with E-state index in [0.717, 1.165) is 11.1 Å². The molecule has 2 aromatic rings. The Hall–Kier alpha value is -3.22. The SMILES string of the molecule is C#CCOc1c(Br)cc(/C=C(\C#N)C(=O)Nc2cc(C)cc(C)c2)cc1OC. The van der Waals surface area contributed by atoms with E-state index in [-0.39, 0.29) is 12.2 Å². The van der Waals surface area contributed by atoms with Gasteiger partial charge < -0.3 is 14.8 Å². The Kier molecular flexibility index (Phi) is 7.26. The predicted molar refractivity (Wildman–Crippen MR) is 113 cm³/mol. The number of terminal acetylenes is 1. The van der Waals surface area contributed by atoms with Crippen LogP contribution in [0.4, 0.5) is 5.69 Å². The van der Waals surface area contributed by atoms with Crippen LogP contribution < -0.4 is 14.8 Å². The Morgan fingerprint density at radius 2 is 1.93 bits per heavy atom. The van der Waals surface area contributed by atoms with E-state index in [1.165, 1.54) is 13.2 Å². The Labute approximate surface area is 173 Å². The molecular weight excluding hydrogens is 420 g/mol. The molecule has 0 fully saturated rings. The predicted octanol–water partition coefficient (Wildman–Crippen LogP) is 4.63. The Balaban J connectivity index is 2.33. The van der Waals surface area contributed by atoms with E-state index in [1.807, 2.05) is 38.1 Å². The fraction of sp³-hybridized carbons (Fsp3) is 0.182. The first kappa shape index (κ1) is 21.1. The van der Waals surface area contributed by atoms with Crippen LogP contribution in [0.2, 0.25) is 0 Å². The number of aryl methyl sites for hydroxylation is 2. The monoisotopic (exact) mass is 438 g/mol. The Morgan fingerprint density at radius 3 is 2.50 bits per heavy atom. The third-order valence-corrected chi connectivity index (χ3v) is 4.30. The van der Waals surface area contributed by atoms with E-state index in [0.29, 0.717) is 27.2 Å². The van der Waals surface area contributed by atoms with Crippen LogP contribution >= 0.6 is 15.9 Å². The minimum absolute atomic E-state index is 0.0367. The maximum atomic E-state index is 12.5. The van der Waals surface area contributed by atoms with E-state index in [2.05, 4.69) is 27.2 Å². The average Bonchev–Trinajstić information content (AvgIpc) is 2.63. The topological polar surface area (TPSA) is 71.3 Å². The number of nitrogens with zero attached hydrogens (tertiary/aromatic N) is 1. The number of benzene rings is 2. The van der Waals surface area contributed by atoms with Crippen LogP contribution in [0.3, 0.4) is 0 Å². The van der Waals surface area contributed by atoms with Gasteiger partial charge in [0.25, 0.3) is 5.91 Å². The van der Waals surface area contributed by atoms with Gasteiger partial charge in [0.2, 0.25) is 0 Å². The smallest absolute Gasteiger partial charge is 0.266 e. The Bertz CT molecular complexity index is 993. The molecule has 6 heteroatoms. The fourth-order valence-electron chi connectivity index (χ4n) is 2.64. The van der Waals surface area contributed by atoms with Crippen LogP contribution in [0.5, 0.6) is 11.5 Å². The number of carbonyl (C=O) groups is 1. The highest BCUT2D eigenvalue weighted by Crippen LogP contribution is 2.37. The molecule has 2 rings (SSSR count). The highest BCUT2D eigenvalue weighted by atomic mass is 79.9. The number of ether oxygens (including phenoxy) is 2. The number of nitriles is 1. The van der Waals surface area contributed by atoms with E-state index < -0.39 is 5.91 Å². The maximum Gasteiger partial charge on any atom is 0.266 e. The van der Waals surface area contributed by atoms with Crippen molar-refractivity contribution in [2.45, 2.75) is 13.8 Å². The number of carbonyl (C=O) groups excluding carboxylic acids is 1. The van der Waals surface area contributed by atoms with Crippen molar-refractivity contribution in [3.8, 4) is 29.9 Å². The molecular formula is C22H19BrN2O3. The summed E-state index contributed by atoms with van der Waals surface area (Å²) < 4.78 is 11.4. The van der Waals surface area contributed by atoms with Crippen LogP contribution in [0.1, 0.15) is 16.7 Å². The molecule has 1 N–H and O–H groups in total. The van der Waals surface area contributed by atoms with Crippen molar-refractivity contribution in [2.24, 2.45) is 0 Å². The summed E-state index contributed by atoms with van der Waals surface area (Å²) in [7, 11) is 1.50. The number of nitrogens with one attached hydrogen (secondary N) is 1. The summed E-state index contributed by atoms with van der Waals surface area (Å²) in [5.41, 5.74) is 3.25. The van der Waals surface area contributed by atoms with Crippen LogP contribution in [-0.4, -0.2) is 19.6 Å². The molecule has 28 heavy (non-hydrogen) atoms. The van der Waals surface area contributed by atoms with Crippen molar-refractivity contribution in [1.29, 1.82) is 5.26 Å². The molecule has 0 aliphatic rings. The molecule has 0 aliphatic heterocycles. The lowest BCUT2D eigenvalue weighted by molar-refractivity contribution is -0.112. The summed E-state index contributed by atoms with van der Waals surface area (Å²) in [5.74, 6) is 2.79. The van der Waals surface area contributed by atoms with Crippen molar-refractivity contribution < 1.29 is 14.3 Å². The lowest BCUT2D eigenvalue weighted by Gasteiger charge is -2.12. The van der Waals surface area contributed by atoms with Gasteiger partial charge in [0, 0.05) is 5.69 Å². The number of rotatable bonds is 6. The van der Waals surface area contributed by atoms with Crippen molar-refractivity contribution in [2.75, 3.05) is 19.0 Å². The number of hydrogen-bond donors (Lipinski definition) is 1. The molecule has 0 aromatic heterocycles. The summed E-state index contributed by atoms with van der Waals surface area (Å²) in [4.78, 5) is 12.5. The molecule has 2 aromatic carbocycles. The molecule has 142 valence electrons. The van der Waals surface area contributed by atoms with Crippen molar-refractivity contribution in [1.82, 2.24) is 0 Å². The number of methoxy groups -OCH3 is 1. The second kappa shape index (κ2) is 9.64. The first-order valence-corrected chi connectivity index (χ1v) is 9.12. The second-order valence-electron chi connectivity index (χ2n) is 6.03. The number of amides is 1. The van der Waals surface area contributed by atoms with Gasteiger partial charge in [-0.05, 0) is 76.8 Å². The number of halogens is 1. The second-order valence-corrected chi connectivity index (χ2v) is 6.88. The van der Waals surface area contributed by atoms with Gasteiger partial charge in [0.15, 0.2) is 11.5 Å². The van der Waals surface area contributed by atoms with Gasteiger partial charge in [-0.25, -0.2) is 0 Å². The van der Waals surface area contributed by atoms with Crippen molar-refractivity contribution in [3.05, 3.63) is 57.1 Å². The van der Waals surface area contributed by atoms with Crippen LogP contribution in [0.15, 0.2) is 40.4 Å². The standard InChI is InChI=1S/C22H19BrN2O3/c1-5-6-28-21-19(23)11-16(12-20(21)27-4)10-17(13-24)22(26)25-18-8-14(2)7-15(3)9-18/h1,7-12H,6H2,2-4H3,(H,25,26)/b17-10+. The van der Waals surface area contributed by atoms with E-state index in [1.54, 1.807) is 12.1 Å². The highest BCUT2D eigenvalue weighted by molar-refractivity contribution is 9.10. The van der Waals surface area contributed by atoms with E-state index in [9.17, 15) is 10.1 Å². The summed E-state index contributed by atoms with van der Waals surface area (Å²) in [6.45, 7) is 3.97. The van der Waals surface area contributed by atoms with Crippen molar-refractivity contribution in [3.63, 3.8) is 0 Å². The molecule has 0 atom stereocenters. The minimum atomic E-state index is -0.491. The lowest BCUT2D eigenvalue weighted by Crippen LogP contribution is -2.13. The van der Waals surface area contributed by atoms with E-state index in [4.69, 9.17) is 15.9 Å². The zero-order valence-electron chi connectivity index (χ0n) is 15.8. The maximum absolute atomic E-state index is 12.5. The number of anilines is 1. The summed E-state index contributed by atoms with van der Waals surface area (Å²) >= 11 is 3.40. The summed E-state index contributed by atoms with van der Waals surface area (Å²) in [6, 6.07) is 11.0. The third-order valence-electron chi connectivity index (χ3n) is 3.71. The van der Waals surface area contributed by atoms with Gasteiger partial charge in [-0.3, -0.25) is 4.79 Å². The largest absolute Gasteiger partial charge is 0.493 e. The Morgan fingerprint density at radius 1 is 1.25 bits per heavy atom. The molecule has 5 nitrogen and oxygen atoms in total. The van der Waals surface area contributed by atoms with Crippen molar-refractivity contribution >= 4 is 33.6 Å². The molecule has 0 saturated carbocycles. The molecule has 0 aliphatic carbocycles. The minimum Gasteiger partial charge on any atom is -0.493 e. The molecule has 0 spiro atoms. The number of hydrogen-bond acceptors (Lipinski definition) is 4. The third kappa shape index (κ3) is 5.39. The normalized spacial score (nSPS) is 10.6. The summed E-state index contributed by atoms with van der Waals surface area (Å²) in [6.07, 6.45) is 6.71. The molecule has 0 bridgehead atoms. The van der Waals surface area contributed by atoms with Gasteiger partial charge in [-0.1, -0.05) is 12.0 Å². The van der Waals surface area contributed by atoms with E-state index >= 15 is 0 Å². The molecule has 0 radical (unpaired) electrons. The quantitative estimate of drug-likeness (QED) is 0.405. The first-order valence-electron chi connectivity index (χ1n) is 8.33. The molecule has 0 heterocycles. The zero-order valence-corrected chi connectivity index (χ0v) is 17.4. The first-order chi connectivity index (χ1) is 13.4. The summed E-state index contributed by atoms with van der Waals surface area (Å²) in [5, 5.41) is 12.2. The zero-order chi connectivity index (χ0) is 20.7. The molecule has 0 saturated heterocycles. The molecule has 1 amide bonds. The van der Waals surface area contributed by atoms with Crippen LogP contribution in [-0.2, 0) is 4.79 Å². The van der Waals surface area contributed by atoms with Crippen LogP contribution in [0, 0.1) is 37.5 Å².